The summed E-state index contributed by atoms with van der Waals surface area (Å²) in [6.45, 7) is 0.0709. The van der Waals surface area contributed by atoms with Gasteiger partial charge in [0.05, 0.1) is 17.6 Å². The van der Waals surface area contributed by atoms with Crippen molar-refractivity contribution >= 4 is 11.0 Å². The highest BCUT2D eigenvalue weighted by Crippen LogP contribution is 2.31. The van der Waals surface area contributed by atoms with Crippen LogP contribution in [0, 0.1) is 0 Å². The molecule has 5 aromatic rings. The number of hydrogen-bond donors (Lipinski definition) is 0. The number of fused-ring (bicyclic) bond motifs is 1. The van der Waals surface area contributed by atoms with Crippen molar-refractivity contribution in [2.45, 2.75) is 13.2 Å². The molecule has 32 heavy (non-hydrogen) atoms. The van der Waals surface area contributed by atoms with Gasteiger partial charge in [-0.1, -0.05) is 12.1 Å². The molecule has 0 aliphatic heterocycles. The molecule has 0 radical (unpaired) electrons. The van der Waals surface area contributed by atoms with Gasteiger partial charge in [-0.05, 0) is 54.1 Å². The van der Waals surface area contributed by atoms with Crippen LogP contribution in [0.2, 0.25) is 0 Å². The molecule has 6 nitrogen and oxygen atoms in total. The van der Waals surface area contributed by atoms with Crippen molar-refractivity contribution in [2.24, 2.45) is 7.05 Å². The second-order valence-electron chi connectivity index (χ2n) is 7.47. The first-order valence-electron chi connectivity index (χ1n) is 10.4. The van der Waals surface area contributed by atoms with Crippen LogP contribution in [0.25, 0.3) is 33.4 Å². The Bertz CT molecular complexity index is 1340. The first kappa shape index (κ1) is 19.9. The van der Waals surface area contributed by atoms with Crippen LogP contribution in [0.5, 0.6) is 5.75 Å². The van der Waals surface area contributed by atoms with Crippen LogP contribution in [0.3, 0.4) is 0 Å². The van der Waals surface area contributed by atoms with E-state index in [0.29, 0.717) is 11.6 Å². The third-order valence-corrected chi connectivity index (χ3v) is 5.36. The minimum Gasteiger partial charge on any atom is -0.486 e. The van der Waals surface area contributed by atoms with E-state index in [1.165, 1.54) is 0 Å². The summed E-state index contributed by atoms with van der Waals surface area (Å²) in [6.07, 6.45) is 5.56. The van der Waals surface area contributed by atoms with E-state index in [4.69, 9.17) is 4.74 Å². The number of hydrogen-bond acceptors (Lipinski definition) is 4. The fourth-order valence-corrected chi connectivity index (χ4v) is 3.87. The van der Waals surface area contributed by atoms with Crippen LogP contribution in [-0.4, -0.2) is 31.0 Å². The average molecular weight is 426 g/mol. The number of nitrogens with zero attached hydrogens (tertiary/aromatic N) is 5. The van der Waals surface area contributed by atoms with Crippen molar-refractivity contribution < 1.29 is 9.13 Å². The van der Waals surface area contributed by atoms with Crippen LogP contribution >= 0.6 is 0 Å². The Kier molecular flexibility index (Phi) is 5.37. The molecule has 2 aromatic carbocycles. The highest BCUT2D eigenvalue weighted by molar-refractivity contribution is 5.80. The van der Waals surface area contributed by atoms with E-state index in [9.17, 15) is 4.39 Å². The molecular formula is C25H22FN5O. The Morgan fingerprint density at radius 1 is 0.938 bits per heavy atom. The molecule has 5 rings (SSSR count). The second-order valence-corrected chi connectivity index (χ2v) is 7.47. The van der Waals surface area contributed by atoms with Gasteiger partial charge in [-0.2, -0.15) is 5.10 Å². The highest BCUT2D eigenvalue weighted by Gasteiger charge is 2.13. The van der Waals surface area contributed by atoms with Crippen molar-refractivity contribution in [3.63, 3.8) is 0 Å². The maximum absolute atomic E-state index is 13.1. The van der Waals surface area contributed by atoms with Crippen molar-refractivity contribution in [2.75, 3.05) is 6.67 Å². The zero-order valence-electron chi connectivity index (χ0n) is 17.6. The Morgan fingerprint density at radius 2 is 1.72 bits per heavy atom. The van der Waals surface area contributed by atoms with Crippen molar-refractivity contribution in [3.05, 3.63) is 85.1 Å². The number of rotatable bonds is 7. The normalized spacial score (nSPS) is 11.2. The monoisotopic (exact) mass is 426 g/mol. The molecule has 0 aliphatic carbocycles. The molecule has 3 aromatic heterocycles. The first-order valence-corrected chi connectivity index (χ1v) is 10.4. The van der Waals surface area contributed by atoms with Gasteiger partial charge in [0.15, 0.2) is 0 Å². The molecule has 0 atom stereocenters. The van der Waals surface area contributed by atoms with Crippen molar-refractivity contribution in [1.29, 1.82) is 0 Å². The number of aryl methyl sites for hydroxylation is 2. The molecule has 0 N–H and O–H groups in total. The molecule has 0 fully saturated rings. The fourth-order valence-electron chi connectivity index (χ4n) is 3.87. The third kappa shape index (κ3) is 3.85. The van der Waals surface area contributed by atoms with Crippen LogP contribution in [0.4, 0.5) is 4.39 Å². The summed E-state index contributed by atoms with van der Waals surface area (Å²) >= 11 is 0. The van der Waals surface area contributed by atoms with Gasteiger partial charge in [-0.25, -0.2) is 9.37 Å². The quantitative estimate of drug-likeness (QED) is 0.366. The lowest BCUT2D eigenvalue weighted by atomic mass is 10.0. The zero-order chi connectivity index (χ0) is 21.9. The molecule has 0 amide bonds. The minimum absolute atomic E-state index is 0.260. The molecule has 7 heteroatoms. The molecule has 160 valence electrons. The summed E-state index contributed by atoms with van der Waals surface area (Å²) in [5, 5.41) is 4.64. The lowest BCUT2D eigenvalue weighted by Gasteiger charge is -2.09. The predicted molar refractivity (Wildman–Crippen MR) is 122 cm³/mol. The molecule has 0 bridgehead atoms. The van der Waals surface area contributed by atoms with Gasteiger partial charge >= 0.3 is 0 Å². The van der Waals surface area contributed by atoms with E-state index >= 15 is 0 Å². The Balaban J connectivity index is 1.37. The summed E-state index contributed by atoms with van der Waals surface area (Å²) < 4.78 is 22.8. The Hall–Kier alpha value is -4.00. The minimum atomic E-state index is -0.452. The number of para-hydroxylation sites is 2. The molecule has 3 heterocycles. The zero-order valence-corrected chi connectivity index (χ0v) is 17.6. The van der Waals surface area contributed by atoms with Gasteiger partial charge in [0.1, 0.15) is 30.5 Å². The van der Waals surface area contributed by atoms with Gasteiger partial charge < -0.3 is 9.30 Å². The van der Waals surface area contributed by atoms with Gasteiger partial charge in [0.2, 0.25) is 0 Å². The van der Waals surface area contributed by atoms with Crippen molar-refractivity contribution in [1.82, 2.24) is 24.3 Å². The van der Waals surface area contributed by atoms with E-state index in [2.05, 4.69) is 15.1 Å². The highest BCUT2D eigenvalue weighted by atomic mass is 18.2. The number of benzene rings is 2. The van der Waals surface area contributed by atoms with Gasteiger partial charge in [0.25, 0.3) is 0 Å². The SMILES string of the molecule is Cn1cc(-c2ccncc2)c(-c2ccc(OCc3nc4ccccc4n3CC[18F])cc2)n1. The van der Waals surface area contributed by atoms with E-state index in [-0.39, 0.29) is 13.2 Å². The molecular weight excluding hydrogens is 404 g/mol. The van der Waals surface area contributed by atoms with E-state index < -0.39 is 6.67 Å². The predicted octanol–water partition coefficient (Wildman–Crippen LogP) is 5.05. The largest absolute Gasteiger partial charge is 0.486 e. The van der Waals surface area contributed by atoms with Gasteiger partial charge in [-0.15, -0.1) is 0 Å². The molecule has 0 spiro atoms. The number of halogens is 1. The summed E-state index contributed by atoms with van der Waals surface area (Å²) in [7, 11) is 1.91. The summed E-state index contributed by atoms with van der Waals surface area (Å²) in [5.74, 6) is 1.42. The average Bonchev–Trinajstić information content (AvgIpc) is 3.39. The first-order chi connectivity index (χ1) is 15.7. The Labute approximate surface area is 184 Å². The second kappa shape index (κ2) is 8.63. The molecule has 0 saturated heterocycles. The maximum Gasteiger partial charge on any atom is 0.148 e. The lowest BCUT2D eigenvalue weighted by molar-refractivity contribution is 0.287. The van der Waals surface area contributed by atoms with Crippen molar-refractivity contribution in [3.8, 4) is 28.1 Å². The maximum atomic E-state index is 13.1. The van der Waals surface area contributed by atoms with Crippen LogP contribution < -0.4 is 4.74 Å². The molecule has 0 unspecified atom stereocenters. The van der Waals surface area contributed by atoms with Gasteiger partial charge in [-0.3, -0.25) is 9.67 Å². The smallest absolute Gasteiger partial charge is 0.148 e. The lowest BCUT2D eigenvalue weighted by Crippen LogP contribution is -2.08. The van der Waals surface area contributed by atoms with Crippen LogP contribution in [-0.2, 0) is 20.2 Å². The van der Waals surface area contributed by atoms with Gasteiger partial charge in [0, 0.05) is 36.8 Å². The van der Waals surface area contributed by atoms with E-state index in [0.717, 1.165) is 33.4 Å². The number of imidazole rings is 1. The molecule has 0 aliphatic rings. The van der Waals surface area contributed by atoms with E-state index in [1.54, 1.807) is 12.4 Å². The Morgan fingerprint density at radius 3 is 2.50 bits per heavy atom. The third-order valence-electron chi connectivity index (χ3n) is 5.36. The number of alkyl halides is 1. The summed E-state index contributed by atoms with van der Waals surface area (Å²) in [5.41, 5.74) is 5.76. The number of aromatic nitrogens is 5. The number of pyridine rings is 1. The number of ether oxygens (including phenoxy) is 1. The van der Waals surface area contributed by atoms with E-state index in [1.807, 2.05) is 83.2 Å². The van der Waals surface area contributed by atoms with Crippen LogP contribution in [0.15, 0.2) is 79.3 Å². The summed E-state index contributed by atoms with van der Waals surface area (Å²) in [4.78, 5) is 8.71. The summed E-state index contributed by atoms with van der Waals surface area (Å²) in [6, 6.07) is 19.5. The molecule has 0 saturated carbocycles. The standard InChI is InChI=1S/C25H22FN5O/c1-30-16-21(18-10-13-27-14-11-18)25(29-30)19-6-8-20(9-7-19)32-17-24-28-22-4-2-3-5-23(22)31(24)15-12-26/h2-11,13-14,16H,12,15,17H2,1H3/i26-1. The van der Waals surface area contributed by atoms with Crippen LogP contribution in [0.1, 0.15) is 5.82 Å². The topological polar surface area (TPSA) is 57.8 Å². The fraction of sp³-hybridized carbons (Fsp3) is 0.160.